The molecular weight excluding hydrogens is 234 g/mol. The second-order valence-electron chi connectivity index (χ2n) is 4.71. The maximum Gasteiger partial charge on any atom is 0.341 e. The normalized spacial score (nSPS) is 21.5. The molecule has 1 heterocycles. The third-order valence-electron chi connectivity index (χ3n) is 3.26. The van der Waals surface area contributed by atoms with E-state index in [1.165, 1.54) is 7.11 Å². The third-order valence-corrected chi connectivity index (χ3v) is 3.26. The molecule has 1 aliphatic rings. The predicted molar refractivity (Wildman–Crippen MR) is 63.9 cm³/mol. The Hall–Kier alpha value is -1.78. The summed E-state index contributed by atoms with van der Waals surface area (Å²) in [7, 11) is 1.32. The molecule has 1 aliphatic carbocycles. The molecule has 5 nitrogen and oxygen atoms in total. The van der Waals surface area contributed by atoms with E-state index in [4.69, 9.17) is 4.42 Å². The number of hydrogen-bond donors (Lipinski definition) is 1. The Labute approximate surface area is 105 Å². The van der Waals surface area contributed by atoms with E-state index in [1.54, 1.807) is 13.0 Å². The van der Waals surface area contributed by atoms with Crippen molar-refractivity contribution in [2.24, 2.45) is 11.8 Å². The highest BCUT2D eigenvalue weighted by Crippen LogP contribution is 2.37. The topological polar surface area (TPSA) is 68.5 Å². The highest BCUT2D eigenvalue weighted by Gasteiger charge is 2.38. The van der Waals surface area contributed by atoms with Crippen molar-refractivity contribution in [2.45, 2.75) is 26.8 Å². The van der Waals surface area contributed by atoms with Gasteiger partial charge in [0, 0.05) is 5.92 Å². The molecule has 0 unspecified atom stereocenters. The highest BCUT2D eigenvalue weighted by molar-refractivity contribution is 5.90. The van der Waals surface area contributed by atoms with Gasteiger partial charge < -0.3 is 14.5 Å². The number of nitrogens with one attached hydrogen (secondary N) is 1. The van der Waals surface area contributed by atoms with Gasteiger partial charge in [0.2, 0.25) is 5.91 Å². The summed E-state index contributed by atoms with van der Waals surface area (Å²) in [6.45, 7) is 4.05. The van der Waals surface area contributed by atoms with Crippen LogP contribution in [0, 0.1) is 18.8 Å². The van der Waals surface area contributed by atoms with Crippen LogP contribution in [0.5, 0.6) is 0 Å². The van der Waals surface area contributed by atoms with Crippen LogP contribution < -0.4 is 5.32 Å². The van der Waals surface area contributed by atoms with Crippen molar-refractivity contribution in [2.75, 3.05) is 7.11 Å². The second-order valence-corrected chi connectivity index (χ2v) is 4.71. The number of carbonyl (C=O) groups is 2. The van der Waals surface area contributed by atoms with Gasteiger partial charge in [-0.05, 0) is 25.3 Å². The Morgan fingerprint density at radius 3 is 2.78 bits per heavy atom. The van der Waals surface area contributed by atoms with Gasteiger partial charge in [0.15, 0.2) is 0 Å². The van der Waals surface area contributed by atoms with E-state index in [9.17, 15) is 9.59 Å². The van der Waals surface area contributed by atoms with Crippen LogP contribution in [-0.2, 0) is 16.1 Å². The van der Waals surface area contributed by atoms with Crippen molar-refractivity contribution >= 4 is 11.9 Å². The molecule has 0 radical (unpaired) electrons. The largest absolute Gasteiger partial charge is 0.465 e. The number of rotatable bonds is 4. The summed E-state index contributed by atoms with van der Waals surface area (Å²) in [5.74, 6) is 1.32. The lowest BCUT2D eigenvalue weighted by Crippen LogP contribution is -2.24. The maximum absolute atomic E-state index is 11.6. The first kappa shape index (κ1) is 12.7. The number of aryl methyl sites for hydroxylation is 1. The number of carbonyl (C=O) groups excluding carboxylic acids is 2. The van der Waals surface area contributed by atoms with Crippen molar-refractivity contribution in [1.82, 2.24) is 5.32 Å². The summed E-state index contributed by atoms with van der Waals surface area (Å²) in [6, 6.07) is 1.61. The molecular formula is C13H17NO4. The van der Waals surface area contributed by atoms with E-state index in [0.29, 0.717) is 29.5 Å². The minimum atomic E-state index is -0.426. The fourth-order valence-corrected chi connectivity index (χ4v) is 1.94. The van der Waals surface area contributed by atoms with Gasteiger partial charge in [-0.2, -0.15) is 0 Å². The molecule has 1 fully saturated rings. The molecule has 0 aromatic carbocycles. The van der Waals surface area contributed by atoms with Gasteiger partial charge >= 0.3 is 5.97 Å². The van der Waals surface area contributed by atoms with Crippen molar-refractivity contribution in [3.05, 3.63) is 23.2 Å². The fourth-order valence-electron chi connectivity index (χ4n) is 1.94. The predicted octanol–water partition coefficient (Wildman–Crippen LogP) is 1.65. The van der Waals surface area contributed by atoms with Gasteiger partial charge in [0.05, 0.1) is 13.7 Å². The van der Waals surface area contributed by atoms with Crippen molar-refractivity contribution in [1.29, 1.82) is 0 Å². The molecule has 0 aliphatic heterocycles. The van der Waals surface area contributed by atoms with Gasteiger partial charge in [0.1, 0.15) is 17.1 Å². The van der Waals surface area contributed by atoms with Crippen LogP contribution in [0.25, 0.3) is 0 Å². The van der Waals surface area contributed by atoms with Gasteiger partial charge in [-0.3, -0.25) is 4.79 Å². The SMILES string of the molecule is COC(=O)c1cc(CNC(=O)[C@@H]2C[C@@H]2C)oc1C. The van der Waals surface area contributed by atoms with Crippen LogP contribution in [-0.4, -0.2) is 19.0 Å². The molecule has 98 valence electrons. The van der Waals surface area contributed by atoms with Crippen molar-refractivity contribution < 1.29 is 18.7 Å². The maximum atomic E-state index is 11.6. The molecule has 2 atom stereocenters. The van der Waals surface area contributed by atoms with Crippen LogP contribution in [0.15, 0.2) is 10.5 Å². The smallest absolute Gasteiger partial charge is 0.341 e. The van der Waals surface area contributed by atoms with Crippen LogP contribution in [0.2, 0.25) is 0 Å². The average molecular weight is 251 g/mol. The molecule has 1 saturated carbocycles. The van der Waals surface area contributed by atoms with Crippen LogP contribution in [0.1, 0.15) is 35.2 Å². The van der Waals surface area contributed by atoms with E-state index in [2.05, 4.69) is 17.0 Å². The molecule has 1 N–H and O–H groups in total. The summed E-state index contributed by atoms with van der Waals surface area (Å²) in [6.07, 6.45) is 0.955. The van der Waals surface area contributed by atoms with Crippen LogP contribution in [0.4, 0.5) is 0 Å². The summed E-state index contributed by atoms with van der Waals surface area (Å²) in [5, 5.41) is 2.80. The quantitative estimate of drug-likeness (QED) is 0.826. The first-order valence-corrected chi connectivity index (χ1v) is 5.98. The average Bonchev–Trinajstić information content (AvgIpc) is 2.96. The van der Waals surface area contributed by atoms with E-state index < -0.39 is 5.97 Å². The first-order chi connectivity index (χ1) is 8.52. The molecule has 1 amide bonds. The molecule has 1 aromatic rings. The fraction of sp³-hybridized carbons (Fsp3) is 0.538. The zero-order valence-corrected chi connectivity index (χ0v) is 10.8. The first-order valence-electron chi connectivity index (χ1n) is 5.98. The lowest BCUT2D eigenvalue weighted by Gasteiger charge is -2.01. The molecule has 18 heavy (non-hydrogen) atoms. The molecule has 0 saturated heterocycles. The van der Waals surface area contributed by atoms with E-state index in [1.807, 2.05) is 0 Å². The third kappa shape index (κ3) is 2.55. The Morgan fingerprint density at radius 2 is 2.22 bits per heavy atom. The highest BCUT2D eigenvalue weighted by atomic mass is 16.5. The Bertz CT molecular complexity index is 477. The summed E-state index contributed by atoms with van der Waals surface area (Å²) in [5.41, 5.74) is 0.404. The summed E-state index contributed by atoms with van der Waals surface area (Å²) in [4.78, 5) is 23.0. The van der Waals surface area contributed by atoms with Crippen molar-refractivity contribution in [3.8, 4) is 0 Å². The zero-order chi connectivity index (χ0) is 13.3. The Balaban J connectivity index is 1.94. The number of esters is 1. The van der Waals surface area contributed by atoms with Gasteiger partial charge in [-0.1, -0.05) is 6.92 Å². The van der Waals surface area contributed by atoms with Crippen LogP contribution in [0.3, 0.4) is 0 Å². The Kier molecular flexibility index (Phi) is 3.41. The summed E-state index contributed by atoms with van der Waals surface area (Å²) >= 11 is 0. The standard InChI is InChI=1S/C13H17NO4/c1-7-4-10(7)12(15)14-6-9-5-11(8(2)18-9)13(16)17-3/h5,7,10H,4,6H2,1-3H3,(H,14,15)/t7-,10+/m0/s1. The molecule has 5 heteroatoms. The molecule has 2 rings (SSSR count). The molecule has 1 aromatic heterocycles. The monoisotopic (exact) mass is 251 g/mol. The lowest BCUT2D eigenvalue weighted by atomic mass is 10.2. The van der Waals surface area contributed by atoms with Crippen LogP contribution >= 0.6 is 0 Å². The van der Waals surface area contributed by atoms with Gasteiger partial charge in [0.25, 0.3) is 0 Å². The zero-order valence-electron chi connectivity index (χ0n) is 10.8. The van der Waals surface area contributed by atoms with E-state index in [-0.39, 0.29) is 11.8 Å². The number of ether oxygens (including phenoxy) is 1. The second kappa shape index (κ2) is 4.84. The molecule has 0 spiro atoms. The molecule has 0 bridgehead atoms. The van der Waals surface area contributed by atoms with Gasteiger partial charge in [-0.15, -0.1) is 0 Å². The van der Waals surface area contributed by atoms with E-state index in [0.717, 1.165) is 6.42 Å². The van der Waals surface area contributed by atoms with Crippen molar-refractivity contribution in [3.63, 3.8) is 0 Å². The Morgan fingerprint density at radius 1 is 1.56 bits per heavy atom. The van der Waals surface area contributed by atoms with Gasteiger partial charge in [-0.25, -0.2) is 4.79 Å². The lowest BCUT2D eigenvalue weighted by molar-refractivity contribution is -0.122. The number of furan rings is 1. The number of hydrogen-bond acceptors (Lipinski definition) is 4. The number of amides is 1. The minimum Gasteiger partial charge on any atom is -0.465 e. The van der Waals surface area contributed by atoms with E-state index >= 15 is 0 Å². The summed E-state index contributed by atoms with van der Waals surface area (Å²) < 4.78 is 10.0. The minimum absolute atomic E-state index is 0.0520. The number of methoxy groups -OCH3 is 1.